The molecule has 0 aliphatic carbocycles. The number of ether oxygens (including phenoxy) is 12. The maximum absolute atomic E-state index is 14.8. The molecule has 10 rings (SSSR count). The molecule has 5 aromatic carbocycles. The Morgan fingerprint density at radius 3 is 0.705 bits per heavy atom. The van der Waals surface area contributed by atoms with E-state index < -0.39 is 318 Å². The zero-order valence-corrected chi connectivity index (χ0v) is 58.2. The van der Waals surface area contributed by atoms with Crippen molar-refractivity contribution in [3.63, 3.8) is 0 Å². The Morgan fingerprint density at radius 1 is 0.246 bits per heavy atom. The van der Waals surface area contributed by atoms with E-state index in [0.717, 1.165) is 18.2 Å². The fourth-order valence-electron chi connectivity index (χ4n) is 10.6. The van der Waals surface area contributed by atoms with Crippen molar-refractivity contribution in [3.8, 4) is 126 Å². The van der Waals surface area contributed by atoms with Crippen molar-refractivity contribution >= 4 is 50.4 Å². The summed E-state index contributed by atoms with van der Waals surface area (Å²) in [5, 5.41) is -7.80. The molecule has 3 aromatic heterocycles. The zero-order chi connectivity index (χ0) is 90.6. The Kier molecular flexibility index (Phi) is 25.1. The van der Waals surface area contributed by atoms with Gasteiger partial charge in [-0.05, 0) is 30.3 Å². The first-order chi connectivity index (χ1) is 55.9. The van der Waals surface area contributed by atoms with Gasteiger partial charge in [-0.2, -0.15) is 158 Å². The van der Waals surface area contributed by atoms with E-state index in [-0.39, 0.29) is 11.1 Å². The second-order valence-electron chi connectivity index (χ2n) is 24.4. The number of nitrogens with zero attached hydrogens (tertiary/aromatic N) is 6. The number of H-pyrrole nitrogens is 2. The summed E-state index contributed by atoms with van der Waals surface area (Å²) in [4.78, 5) is 38.6. The minimum absolute atomic E-state index is 0.00327. The third-order valence-electron chi connectivity index (χ3n) is 14.6. The fourth-order valence-corrected chi connectivity index (χ4v) is 10.6. The molecule has 2 aliphatic rings. The zero-order valence-electron chi connectivity index (χ0n) is 58.2. The monoisotopic (exact) mass is 1820 g/mol. The second-order valence-corrected chi connectivity index (χ2v) is 24.4. The van der Waals surface area contributed by atoms with E-state index in [9.17, 15) is 163 Å². The molecule has 2 aliphatic heterocycles. The van der Waals surface area contributed by atoms with Crippen molar-refractivity contribution in [2.24, 2.45) is 0 Å². The highest BCUT2D eigenvalue weighted by atomic mass is 19.5. The summed E-state index contributed by atoms with van der Waals surface area (Å²) in [5.74, 6) is -31.3. The van der Waals surface area contributed by atoms with Crippen molar-refractivity contribution in [2.75, 3.05) is 79.3 Å². The van der Waals surface area contributed by atoms with Crippen LogP contribution < -0.4 is 56.8 Å². The SMILES string of the molecule is O=Cc1ccc(C#Cc2ccc3c(c2)-c2nc-3nc3[nH]c(nc4nc(nc5[nH]c(n2)c2c(OCC(F)(F)F)c(OCC(F)(F)F)c(OCC(F)(F)F)c(OCC(F)(F)F)c52)-c2c(OCC(F)(F)F)c(OCC(F)(F)F)c(OCC(F)(F)F)c(OCC(F)(F)F)c2-4)c2c(OCC(F)(F)F)c(OCC(F)(F)F)c(OCC(F)(F)F)c(OCC(F)(F)F)c32)cc1. The molecule has 664 valence electrons. The molecule has 57 heteroatoms. The second kappa shape index (κ2) is 33.3. The van der Waals surface area contributed by atoms with Gasteiger partial charge in [0, 0.05) is 27.8 Å². The summed E-state index contributed by atoms with van der Waals surface area (Å²) in [5.41, 5.74) is -14.1. The van der Waals surface area contributed by atoms with Crippen LogP contribution in [0.3, 0.4) is 0 Å². The number of carbonyl (C=O) groups is 1. The summed E-state index contributed by atoms with van der Waals surface area (Å²) in [6.45, 7) is -37.1. The molecule has 0 spiro atoms. The summed E-state index contributed by atoms with van der Waals surface area (Å²) in [6.07, 6.45) is -71.7. The van der Waals surface area contributed by atoms with Gasteiger partial charge < -0.3 is 66.8 Å². The maximum atomic E-state index is 14.8. The lowest BCUT2D eigenvalue weighted by Gasteiger charge is -2.24. The van der Waals surface area contributed by atoms with Gasteiger partial charge in [-0.15, -0.1) is 0 Å². The Hall–Kier alpha value is -12.2. The molecule has 0 amide bonds. The number of alkyl halides is 36. The smallest absolute Gasteiger partial charge is 0.422 e. The summed E-state index contributed by atoms with van der Waals surface area (Å²) < 4.78 is 582. The maximum Gasteiger partial charge on any atom is 0.422 e. The van der Waals surface area contributed by atoms with Gasteiger partial charge in [0.15, 0.2) is 137 Å². The van der Waals surface area contributed by atoms with Crippen LogP contribution in [0.2, 0.25) is 0 Å². The molecule has 0 fully saturated rings. The average Bonchev–Trinajstić information content (AvgIpc) is 1.55. The van der Waals surface area contributed by atoms with Crippen LogP contribution in [0.5, 0.6) is 69.0 Å². The molecule has 0 atom stereocenters. The van der Waals surface area contributed by atoms with E-state index in [4.69, 9.17) is 28.4 Å². The Labute approximate surface area is 647 Å². The number of halogens is 36. The molecule has 21 nitrogen and oxygen atoms in total. The number of hydrogen-bond donors (Lipinski definition) is 2. The topological polar surface area (TPSA) is 237 Å². The largest absolute Gasteiger partial charge is 0.479 e. The van der Waals surface area contributed by atoms with Crippen LogP contribution in [-0.4, -0.2) is 200 Å². The van der Waals surface area contributed by atoms with Gasteiger partial charge in [0.05, 0.1) is 32.7 Å². The quantitative estimate of drug-likeness (QED) is 0.0307. The van der Waals surface area contributed by atoms with Crippen LogP contribution >= 0.6 is 0 Å². The molecule has 5 heterocycles. The van der Waals surface area contributed by atoms with Gasteiger partial charge in [0.2, 0.25) is 34.5 Å². The van der Waals surface area contributed by atoms with Crippen molar-refractivity contribution in [1.29, 1.82) is 0 Å². The lowest BCUT2D eigenvalue weighted by atomic mass is 10.0. The molecule has 0 saturated heterocycles. The van der Waals surface area contributed by atoms with Crippen molar-refractivity contribution in [3.05, 3.63) is 59.2 Å². The lowest BCUT2D eigenvalue weighted by molar-refractivity contribution is -0.162. The third kappa shape index (κ3) is 24.1. The van der Waals surface area contributed by atoms with Crippen LogP contribution in [0.25, 0.3) is 89.7 Å². The highest BCUT2D eigenvalue weighted by Gasteiger charge is 2.47. The van der Waals surface area contributed by atoms with Crippen molar-refractivity contribution < 1.29 is 220 Å². The third-order valence-corrected chi connectivity index (χ3v) is 14.6. The molecule has 0 unspecified atom stereocenters. The number of aldehydes is 1. The van der Waals surface area contributed by atoms with Crippen LogP contribution in [0.15, 0.2) is 42.5 Å². The molecule has 122 heavy (non-hydrogen) atoms. The molecule has 8 aromatic rings. The number of nitrogens with one attached hydrogen (secondary N) is 2. The minimum Gasteiger partial charge on any atom is -0.479 e. The number of aromatic amines is 2. The van der Waals surface area contributed by atoms with E-state index in [0.29, 0.717) is 6.29 Å². The number of fused-ring (bicyclic) bond motifs is 20. The predicted molar refractivity (Wildman–Crippen MR) is 332 cm³/mol. The predicted octanol–water partition coefficient (Wildman–Crippen LogP) is 19.4. The number of hydrogen-bond acceptors (Lipinski definition) is 19. The van der Waals surface area contributed by atoms with Gasteiger partial charge >= 0.3 is 74.1 Å². The summed E-state index contributed by atoms with van der Waals surface area (Å²) >= 11 is 0. The molecule has 8 bridgehead atoms. The van der Waals surface area contributed by atoms with Gasteiger partial charge in [0.25, 0.3) is 0 Å². The Bertz CT molecular complexity index is 5500. The fraction of sp³-hybridized carbons (Fsp3) is 0.369. The number of benzene rings is 5. The minimum atomic E-state index is -6.10. The molecule has 0 radical (unpaired) electrons. The average molecular weight is 1820 g/mol. The van der Waals surface area contributed by atoms with Crippen molar-refractivity contribution in [2.45, 2.75) is 74.1 Å². The van der Waals surface area contributed by atoms with E-state index in [1.165, 1.54) is 24.3 Å². The van der Waals surface area contributed by atoms with Crippen LogP contribution in [-0.2, 0) is 0 Å². The van der Waals surface area contributed by atoms with E-state index in [2.05, 4.69) is 70.2 Å². The first-order valence-electron chi connectivity index (χ1n) is 32.0. The van der Waals surface area contributed by atoms with Crippen LogP contribution in [0.4, 0.5) is 158 Å². The van der Waals surface area contributed by atoms with E-state index in [1.54, 1.807) is 0 Å². The Balaban J connectivity index is 1.63. The Morgan fingerprint density at radius 2 is 0.451 bits per heavy atom. The van der Waals surface area contributed by atoms with E-state index >= 15 is 0 Å². The standard InChI is InChI=1S/C65H34F36N8O13/c66-54(67,68)11-111-34-28-30(36(113-13-56(72,73)74)42(119-19-62(90,91)92)40(34)117-17-60(84,85)86)50-105-48(28)103-46-26-8-7-24(4-1-23-2-5-25(10-110)6-3-23)9-27(26)47(102-46)104-49-29-31(37(114-14-57(75,76)77)43(120-20-63(93,94)95)41(118-18-61(87,88)89)35(29)112-12-55(69,70)71)51(106-49)108-53-33-32(52(107-50)109-53)38(115-15-58(78,79)80)44(121-21-64(96,97)98)45(122-22-65(99,100)101)39(33)116-16-59(81,82)83/h2-3,5-10H,11-22H2,(H2,102,103,104,105,106,107,108,109). The van der Waals surface area contributed by atoms with Crippen LogP contribution in [0.1, 0.15) is 21.5 Å². The van der Waals surface area contributed by atoms with Crippen molar-refractivity contribution in [1.82, 2.24) is 39.9 Å². The summed E-state index contributed by atoms with van der Waals surface area (Å²) in [7, 11) is 0. The van der Waals surface area contributed by atoms with Gasteiger partial charge in [0.1, 0.15) is 28.9 Å². The number of carbonyl (C=O) groups excluding carboxylic acids is 1. The molecular weight excluding hydrogens is 1780 g/mol. The highest BCUT2D eigenvalue weighted by molar-refractivity contribution is 6.16. The molecule has 0 saturated carbocycles. The highest BCUT2D eigenvalue weighted by Crippen LogP contribution is 2.62. The normalized spacial score (nSPS) is 13.3. The van der Waals surface area contributed by atoms with E-state index in [1.807, 2.05) is 9.97 Å². The van der Waals surface area contributed by atoms with Gasteiger partial charge in [-0.3, -0.25) is 4.79 Å². The van der Waals surface area contributed by atoms with Gasteiger partial charge in [-0.25, -0.2) is 29.9 Å². The molecule has 2 N–H and O–H groups in total. The lowest BCUT2D eigenvalue weighted by Crippen LogP contribution is -2.25. The number of rotatable bonds is 25. The van der Waals surface area contributed by atoms with Gasteiger partial charge in [-0.1, -0.05) is 24.0 Å². The molecular formula is C65H34F36N8O13. The summed E-state index contributed by atoms with van der Waals surface area (Å²) in [6, 6.07) is 7.15. The van der Waals surface area contributed by atoms with Crippen LogP contribution in [0, 0.1) is 11.8 Å². The number of aromatic nitrogens is 8. The first kappa shape index (κ1) is 92.1. The first-order valence-corrected chi connectivity index (χ1v) is 32.0.